The van der Waals surface area contributed by atoms with Crippen molar-refractivity contribution in [2.45, 2.75) is 0 Å². The lowest BCUT2D eigenvalue weighted by Gasteiger charge is -1.99. The second kappa shape index (κ2) is 5.13. The second-order valence-electron chi connectivity index (χ2n) is 4.38. The minimum absolute atomic E-state index is 0.104. The van der Waals surface area contributed by atoms with Crippen LogP contribution < -0.4 is 0 Å². The van der Waals surface area contributed by atoms with Crippen molar-refractivity contribution < 1.29 is 9.90 Å². The minimum Gasteiger partial charge on any atom is -0.478 e. The molecule has 0 atom stereocenters. The Morgan fingerprint density at radius 2 is 2.10 bits per heavy atom. The van der Waals surface area contributed by atoms with Gasteiger partial charge < -0.3 is 5.11 Å². The van der Waals surface area contributed by atoms with Crippen LogP contribution in [0.2, 0.25) is 0 Å². The highest BCUT2D eigenvalue weighted by molar-refractivity contribution is 9.10. The average Bonchev–Trinajstić information content (AvgIpc) is 3.05. The fraction of sp³-hybridized carbons (Fsp3) is 0.0769. The Morgan fingerprint density at radius 3 is 2.67 bits per heavy atom. The Morgan fingerprint density at radius 1 is 1.29 bits per heavy atom. The lowest BCUT2D eigenvalue weighted by atomic mass is 10.1. The second-order valence-corrected chi connectivity index (χ2v) is 5.29. The lowest BCUT2D eigenvalue weighted by molar-refractivity contribution is 0.0697. The first kappa shape index (κ1) is 13.5. The van der Waals surface area contributed by atoms with Gasteiger partial charge in [0.05, 0.1) is 6.20 Å². The van der Waals surface area contributed by atoms with Gasteiger partial charge in [-0.25, -0.2) is 14.5 Å². The van der Waals surface area contributed by atoms with Crippen LogP contribution in [0, 0.1) is 0 Å². The molecule has 0 aliphatic heterocycles. The summed E-state index contributed by atoms with van der Waals surface area (Å²) in [5.41, 5.74) is 1.11. The summed E-state index contributed by atoms with van der Waals surface area (Å²) >= 11 is 3.30. The molecule has 106 valence electrons. The zero-order valence-corrected chi connectivity index (χ0v) is 12.5. The predicted octanol–water partition coefficient (Wildman–Crippen LogP) is 2.13. The predicted molar refractivity (Wildman–Crippen MR) is 78.2 cm³/mol. The molecule has 7 nitrogen and oxygen atoms in total. The molecule has 0 aliphatic rings. The van der Waals surface area contributed by atoms with E-state index < -0.39 is 5.97 Å². The molecule has 0 saturated heterocycles. The van der Waals surface area contributed by atoms with Gasteiger partial charge in [0.15, 0.2) is 5.82 Å². The Bertz CT molecular complexity index is 806. The molecule has 3 aromatic rings. The summed E-state index contributed by atoms with van der Waals surface area (Å²) in [6.07, 6.45) is 6.37. The molecule has 0 aromatic carbocycles. The molecule has 0 amide bonds. The van der Waals surface area contributed by atoms with Gasteiger partial charge in [0.2, 0.25) is 0 Å². The quantitative estimate of drug-likeness (QED) is 0.784. The molecular formula is C13H10BrN5O2. The topological polar surface area (TPSA) is 85.8 Å². The average molecular weight is 348 g/mol. The molecule has 0 bridgehead atoms. The number of carbonyl (C=O) groups is 1. The number of hydrogen-bond donors (Lipinski definition) is 1. The first-order chi connectivity index (χ1) is 10.0. The number of hydrogen-bond acceptors (Lipinski definition) is 4. The van der Waals surface area contributed by atoms with Crippen molar-refractivity contribution in [1.82, 2.24) is 24.5 Å². The molecule has 3 rings (SSSR count). The number of carboxylic acid groups (broad SMARTS) is 1. The fourth-order valence-corrected chi connectivity index (χ4v) is 2.14. The van der Waals surface area contributed by atoms with E-state index in [-0.39, 0.29) is 5.56 Å². The maximum atomic E-state index is 11.4. The number of carboxylic acids is 1. The van der Waals surface area contributed by atoms with E-state index in [1.165, 1.54) is 10.9 Å². The van der Waals surface area contributed by atoms with Crippen LogP contribution >= 0.6 is 15.9 Å². The van der Waals surface area contributed by atoms with Crippen LogP contribution in [0.4, 0.5) is 0 Å². The summed E-state index contributed by atoms with van der Waals surface area (Å²) in [4.78, 5) is 15.6. The van der Waals surface area contributed by atoms with Crippen LogP contribution in [0.25, 0.3) is 17.1 Å². The maximum absolute atomic E-state index is 11.4. The van der Waals surface area contributed by atoms with E-state index in [0.29, 0.717) is 17.1 Å². The van der Waals surface area contributed by atoms with Crippen LogP contribution in [0.1, 0.15) is 10.4 Å². The van der Waals surface area contributed by atoms with Crippen LogP contribution in [-0.4, -0.2) is 35.6 Å². The summed E-state index contributed by atoms with van der Waals surface area (Å²) in [6, 6.07) is 3.56. The van der Waals surface area contributed by atoms with Crippen LogP contribution in [0.5, 0.6) is 0 Å². The molecule has 0 saturated carbocycles. The molecule has 0 fully saturated rings. The summed E-state index contributed by atoms with van der Waals surface area (Å²) in [5, 5.41) is 17.7. The summed E-state index contributed by atoms with van der Waals surface area (Å²) in [5.74, 6) is -0.506. The molecule has 3 heterocycles. The van der Waals surface area contributed by atoms with Crippen LogP contribution in [0.15, 0.2) is 41.4 Å². The molecule has 0 unspecified atom stereocenters. The fourth-order valence-electron chi connectivity index (χ4n) is 1.91. The van der Waals surface area contributed by atoms with Gasteiger partial charge in [-0.3, -0.25) is 4.68 Å². The highest BCUT2D eigenvalue weighted by Crippen LogP contribution is 2.23. The van der Waals surface area contributed by atoms with E-state index in [1.807, 2.05) is 6.07 Å². The number of rotatable bonds is 3. The zero-order chi connectivity index (χ0) is 15.0. The van der Waals surface area contributed by atoms with Crippen molar-refractivity contribution in [1.29, 1.82) is 0 Å². The van der Waals surface area contributed by atoms with Crippen molar-refractivity contribution in [3.05, 3.63) is 47.0 Å². The van der Waals surface area contributed by atoms with Gasteiger partial charge in [-0.15, -0.1) is 0 Å². The van der Waals surface area contributed by atoms with E-state index in [4.69, 9.17) is 0 Å². The summed E-state index contributed by atoms with van der Waals surface area (Å²) in [7, 11) is 1.76. The first-order valence-corrected chi connectivity index (χ1v) is 6.78. The van der Waals surface area contributed by atoms with Gasteiger partial charge in [0, 0.05) is 35.7 Å². The van der Waals surface area contributed by atoms with Crippen molar-refractivity contribution in [2.75, 3.05) is 0 Å². The van der Waals surface area contributed by atoms with E-state index >= 15 is 0 Å². The van der Waals surface area contributed by atoms with Crippen molar-refractivity contribution in [2.24, 2.45) is 7.05 Å². The molecule has 21 heavy (non-hydrogen) atoms. The molecule has 0 aliphatic carbocycles. The highest BCUT2D eigenvalue weighted by atomic mass is 79.9. The third kappa shape index (κ3) is 2.57. The Kier molecular flexibility index (Phi) is 3.30. The lowest BCUT2D eigenvalue weighted by Crippen LogP contribution is -1.97. The first-order valence-electron chi connectivity index (χ1n) is 5.98. The Balaban J connectivity index is 2.12. The van der Waals surface area contributed by atoms with Gasteiger partial charge in [0.1, 0.15) is 11.3 Å². The highest BCUT2D eigenvalue weighted by Gasteiger charge is 2.19. The summed E-state index contributed by atoms with van der Waals surface area (Å²) < 4.78 is 3.88. The van der Waals surface area contributed by atoms with Gasteiger partial charge in [-0.05, 0) is 28.1 Å². The van der Waals surface area contributed by atoms with E-state index in [2.05, 4.69) is 31.1 Å². The summed E-state index contributed by atoms with van der Waals surface area (Å²) in [6.45, 7) is 0. The number of halogens is 1. The number of aryl methyl sites for hydroxylation is 1. The van der Waals surface area contributed by atoms with Crippen LogP contribution in [0.3, 0.4) is 0 Å². The number of aromatic carboxylic acids is 1. The van der Waals surface area contributed by atoms with E-state index in [9.17, 15) is 9.90 Å². The minimum atomic E-state index is -1.04. The number of pyridine rings is 1. The molecule has 0 radical (unpaired) electrons. The molecule has 0 spiro atoms. The normalized spacial score (nSPS) is 10.8. The van der Waals surface area contributed by atoms with Gasteiger partial charge >= 0.3 is 5.97 Å². The van der Waals surface area contributed by atoms with Crippen LogP contribution in [-0.2, 0) is 7.05 Å². The monoisotopic (exact) mass is 347 g/mol. The number of aromatic nitrogens is 5. The zero-order valence-electron chi connectivity index (χ0n) is 10.9. The molecule has 1 N–H and O–H groups in total. The van der Waals surface area contributed by atoms with Gasteiger partial charge in [0.25, 0.3) is 0 Å². The molecule has 3 aromatic heterocycles. The van der Waals surface area contributed by atoms with Crippen molar-refractivity contribution >= 4 is 21.9 Å². The smallest absolute Gasteiger partial charge is 0.339 e. The standard InChI is InChI=1S/C13H10BrN5O2/c1-18-6-8(4-16-18)12-10(13(20)21)7-19(17-12)11-3-2-9(14)5-15-11/h2-7H,1H3,(H,20,21). The van der Waals surface area contributed by atoms with Gasteiger partial charge in [-0.2, -0.15) is 10.2 Å². The third-order valence-electron chi connectivity index (χ3n) is 2.87. The SMILES string of the molecule is Cn1cc(-c2nn(-c3ccc(Br)cn3)cc2C(=O)O)cn1. The number of nitrogens with zero attached hydrogens (tertiary/aromatic N) is 5. The molecule has 8 heteroatoms. The van der Waals surface area contributed by atoms with E-state index in [1.54, 1.807) is 36.4 Å². The third-order valence-corrected chi connectivity index (χ3v) is 3.34. The largest absolute Gasteiger partial charge is 0.478 e. The van der Waals surface area contributed by atoms with Gasteiger partial charge in [-0.1, -0.05) is 0 Å². The molecular weight excluding hydrogens is 338 g/mol. The van der Waals surface area contributed by atoms with Crippen molar-refractivity contribution in [3.63, 3.8) is 0 Å². The Hall–Kier alpha value is -2.48. The van der Waals surface area contributed by atoms with E-state index in [0.717, 1.165) is 4.47 Å². The Labute approximate surface area is 128 Å². The van der Waals surface area contributed by atoms with Crippen molar-refractivity contribution in [3.8, 4) is 17.1 Å². The maximum Gasteiger partial charge on any atom is 0.339 e.